The molecule has 0 atom stereocenters. The molecule has 1 aromatic carbocycles. The Kier molecular flexibility index (Phi) is 5.29. The van der Waals surface area contributed by atoms with Crippen LogP contribution >= 0.6 is 0 Å². The van der Waals surface area contributed by atoms with E-state index in [4.69, 9.17) is 0 Å². The van der Waals surface area contributed by atoms with Gasteiger partial charge in [-0.05, 0) is 36.8 Å². The number of hydrogen-bond acceptors (Lipinski definition) is 2. The first-order chi connectivity index (χ1) is 11.3. The highest BCUT2D eigenvalue weighted by Gasteiger charge is 2.22. The molecular formula is C18H24N4O. The van der Waals surface area contributed by atoms with E-state index in [1.54, 1.807) is 0 Å². The Morgan fingerprint density at radius 2 is 1.96 bits per heavy atom. The molecule has 23 heavy (non-hydrogen) atoms. The summed E-state index contributed by atoms with van der Waals surface area (Å²) in [6.45, 7) is 3.32. The third-order valence-corrected chi connectivity index (χ3v) is 4.44. The van der Waals surface area contributed by atoms with Crippen LogP contribution in [0.15, 0.2) is 48.8 Å². The molecule has 2 amide bonds. The number of urea groups is 1. The molecule has 1 N–H and O–H groups in total. The molecule has 5 nitrogen and oxygen atoms in total. The van der Waals surface area contributed by atoms with Gasteiger partial charge >= 0.3 is 6.03 Å². The minimum absolute atomic E-state index is 0.0680. The summed E-state index contributed by atoms with van der Waals surface area (Å²) in [7, 11) is 0. The Labute approximate surface area is 137 Å². The van der Waals surface area contributed by atoms with Crippen molar-refractivity contribution in [1.29, 1.82) is 0 Å². The van der Waals surface area contributed by atoms with Gasteiger partial charge in [0.05, 0.1) is 0 Å². The molecular weight excluding hydrogens is 288 g/mol. The average molecular weight is 312 g/mol. The molecule has 0 radical (unpaired) electrons. The highest BCUT2D eigenvalue weighted by molar-refractivity contribution is 5.74. The van der Waals surface area contributed by atoms with E-state index in [-0.39, 0.29) is 6.03 Å². The molecule has 0 bridgehead atoms. The van der Waals surface area contributed by atoms with E-state index in [0.29, 0.717) is 12.5 Å². The summed E-state index contributed by atoms with van der Waals surface area (Å²) in [5.74, 6) is 0.614. The van der Waals surface area contributed by atoms with E-state index in [2.05, 4.69) is 22.5 Å². The lowest BCUT2D eigenvalue weighted by atomic mass is 9.97. The number of benzene rings is 1. The molecule has 3 rings (SSSR count). The number of rotatable bonds is 5. The lowest BCUT2D eigenvalue weighted by molar-refractivity contribution is 0.164. The van der Waals surface area contributed by atoms with Crippen LogP contribution in [0.4, 0.5) is 4.79 Å². The maximum absolute atomic E-state index is 12.2. The molecule has 1 aliphatic rings. The normalized spacial score (nSPS) is 15.6. The predicted octanol–water partition coefficient (Wildman–Crippen LogP) is 2.55. The van der Waals surface area contributed by atoms with Gasteiger partial charge in [0.15, 0.2) is 0 Å². The van der Waals surface area contributed by atoms with Gasteiger partial charge in [-0.3, -0.25) is 4.68 Å². The topological polar surface area (TPSA) is 50.2 Å². The van der Waals surface area contributed by atoms with Crippen LogP contribution in [0.2, 0.25) is 0 Å². The van der Waals surface area contributed by atoms with Crippen molar-refractivity contribution >= 4 is 6.03 Å². The zero-order chi connectivity index (χ0) is 15.9. The zero-order valence-electron chi connectivity index (χ0n) is 13.4. The molecule has 0 aliphatic carbocycles. The average Bonchev–Trinajstić information content (AvgIpc) is 3.09. The minimum Gasteiger partial charge on any atom is -0.338 e. The number of carbonyl (C=O) groups is 1. The van der Waals surface area contributed by atoms with E-state index in [1.807, 2.05) is 46.2 Å². The quantitative estimate of drug-likeness (QED) is 0.922. The van der Waals surface area contributed by atoms with Gasteiger partial charge in [0.1, 0.15) is 0 Å². The molecule has 5 heteroatoms. The lowest BCUT2D eigenvalue weighted by Gasteiger charge is -2.32. The molecule has 1 aromatic heterocycles. The van der Waals surface area contributed by atoms with Crippen molar-refractivity contribution in [2.24, 2.45) is 5.92 Å². The van der Waals surface area contributed by atoms with E-state index in [9.17, 15) is 4.79 Å². The van der Waals surface area contributed by atoms with Crippen LogP contribution in [-0.2, 0) is 13.0 Å². The van der Waals surface area contributed by atoms with Crippen molar-refractivity contribution in [2.75, 3.05) is 19.6 Å². The first-order valence-electron chi connectivity index (χ1n) is 8.35. The SMILES string of the molecule is O=C(NCCc1ccccc1)N1CCC(Cn2cccn2)CC1. The second kappa shape index (κ2) is 7.81. The summed E-state index contributed by atoms with van der Waals surface area (Å²) < 4.78 is 1.99. The van der Waals surface area contributed by atoms with E-state index < -0.39 is 0 Å². The third kappa shape index (κ3) is 4.58. The molecule has 122 valence electrons. The van der Waals surface area contributed by atoms with Crippen molar-refractivity contribution in [2.45, 2.75) is 25.8 Å². The van der Waals surface area contributed by atoms with E-state index in [0.717, 1.165) is 38.9 Å². The Morgan fingerprint density at radius 1 is 1.17 bits per heavy atom. The molecule has 1 aliphatic heterocycles. The summed E-state index contributed by atoms with van der Waals surface area (Å²) in [6, 6.07) is 12.3. The second-order valence-corrected chi connectivity index (χ2v) is 6.13. The standard InChI is InChI=1S/C18H24N4O/c23-18(19-11-7-16-5-2-1-3-6-16)21-13-8-17(9-14-21)15-22-12-4-10-20-22/h1-6,10,12,17H,7-9,11,13-15H2,(H,19,23). The fourth-order valence-electron chi connectivity index (χ4n) is 3.06. The molecule has 0 spiro atoms. The first kappa shape index (κ1) is 15.6. The Morgan fingerprint density at radius 3 is 2.65 bits per heavy atom. The Balaban J connectivity index is 1.36. The second-order valence-electron chi connectivity index (χ2n) is 6.13. The fraction of sp³-hybridized carbons (Fsp3) is 0.444. The predicted molar refractivity (Wildman–Crippen MR) is 90.1 cm³/mol. The number of carbonyl (C=O) groups excluding carboxylic acids is 1. The largest absolute Gasteiger partial charge is 0.338 e. The fourth-order valence-corrected chi connectivity index (χ4v) is 3.06. The van der Waals surface area contributed by atoms with Crippen LogP contribution in [0, 0.1) is 5.92 Å². The monoisotopic (exact) mass is 312 g/mol. The zero-order valence-corrected chi connectivity index (χ0v) is 13.4. The minimum atomic E-state index is 0.0680. The van der Waals surface area contributed by atoms with Gasteiger partial charge in [-0.1, -0.05) is 30.3 Å². The van der Waals surface area contributed by atoms with Crippen molar-refractivity contribution in [1.82, 2.24) is 20.0 Å². The van der Waals surface area contributed by atoms with E-state index >= 15 is 0 Å². The van der Waals surface area contributed by atoms with Crippen LogP contribution in [-0.4, -0.2) is 40.3 Å². The molecule has 1 fully saturated rings. The number of likely N-dealkylation sites (tertiary alicyclic amines) is 1. The van der Waals surface area contributed by atoms with Crippen LogP contribution < -0.4 is 5.32 Å². The lowest BCUT2D eigenvalue weighted by Crippen LogP contribution is -2.45. The first-order valence-corrected chi connectivity index (χ1v) is 8.35. The van der Waals surface area contributed by atoms with Gasteiger partial charge in [0, 0.05) is 38.6 Å². The van der Waals surface area contributed by atoms with Crippen LogP contribution in [0.3, 0.4) is 0 Å². The molecule has 2 aromatic rings. The van der Waals surface area contributed by atoms with Crippen molar-refractivity contribution in [3.8, 4) is 0 Å². The van der Waals surface area contributed by atoms with Gasteiger partial charge in [-0.25, -0.2) is 4.79 Å². The van der Waals surface area contributed by atoms with Gasteiger partial charge in [0.2, 0.25) is 0 Å². The number of nitrogens with zero attached hydrogens (tertiary/aromatic N) is 3. The number of aromatic nitrogens is 2. The highest BCUT2D eigenvalue weighted by atomic mass is 16.2. The van der Waals surface area contributed by atoms with Gasteiger partial charge in [-0.15, -0.1) is 0 Å². The van der Waals surface area contributed by atoms with Crippen LogP contribution in [0.1, 0.15) is 18.4 Å². The van der Waals surface area contributed by atoms with Gasteiger partial charge < -0.3 is 10.2 Å². The van der Waals surface area contributed by atoms with Gasteiger partial charge in [0.25, 0.3) is 0 Å². The summed E-state index contributed by atoms with van der Waals surface area (Å²) in [4.78, 5) is 14.1. The smallest absolute Gasteiger partial charge is 0.317 e. The third-order valence-electron chi connectivity index (χ3n) is 4.44. The molecule has 0 unspecified atom stereocenters. The Bertz CT molecular complexity index is 589. The molecule has 0 saturated carbocycles. The summed E-state index contributed by atoms with van der Waals surface area (Å²) in [6.07, 6.45) is 6.79. The Hall–Kier alpha value is -2.30. The molecule has 1 saturated heterocycles. The van der Waals surface area contributed by atoms with Crippen molar-refractivity contribution in [3.05, 3.63) is 54.4 Å². The van der Waals surface area contributed by atoms with Gasteiger partial charge in [-0.2, -0.15) is 5.10 Å². The summed E-state index contributed by atoms with van der Waals surface area (Å²) in [5, 5.41) is 7.29. The maximum atomic E-state index is 12.2. The molecule has 2 heterocycles. The maximum Gasteiger partial charge on any atom is 0.317 e. The summed E-state index contributed by atoms with van der Waals surface area (Å²) in [5.41, 5.74) is 1.26. The number of piperidine rings is 1. The number of amides is 2. The van der Waals surface area contributed by atoms with E-state index in [1.165, 1.54) is 5.56 Å². The summed E-state index contributed by atoms with van der Waals surface area (Å²) >= 11 is 0. The number of nitrogens with one attached hydrogen (secondary N) is 1. The van der Waals surface area contributed by atoms with Crippen LogP contribution in [0.25, 0.3) is 0 Å². The van der Waals surface area contributed by atoms with Crippen LogP contribution in [0.5, 0.6) is 0 Å². The van der Waals surface area contributed by atoms with Crippen molar-refractivity contribution < 1.29 is 4.79 Å². The highest BCUT2D eigenvalue weighted by Crippen LogP contribution is 2.18. The van der Waals surface area contributed by atoms with Crippen molar-refractivity contribution in [3.63, 3.8) is 0 Å². The number of hydrogen-bond donors (Lipinski definition) is 1.